The molecule has 1 heterocycles. The van der Waals surface area contributed by atoms with Crippen LogP contribution >= 0.6 is 62.3 Å². The number of nitrogens with zero attached hydrogens (tertiary/aromatic N) is 1. The third-order valence-corrected chi connectivity index (χ3v) is 6.74. The summed E-state index contributed by atoms with van der Waals surface area (Å²) in [6.45, 7) is 4.15. The molecular formula is C24H17BrCl4N2O2. The molecule has 0 aliphatic carbocycles. The Morgan fingerprint density at radius 3 is 1.88 bits per heavy atom. The number of hydrogen-bond acceptors (Lipinski definition) is 3. The standard InChI is InChI=1S/C15H8BrCl2NO2.C9H9Cl2N/c16-12-5-8(17)6-13(18)11(12)7-19-14(20)9-3-1-2-4-10(9)15(19)21;1-2-6-3-7(10)4-9(11)8(6)5-12/h1-6H,7H2;2-4H,1,5,12H2. The van der Waals surface area contributed by atoms with Crippen LogP contribution in [0.25, 0.3) is 6.08 Å². The molecule has 0 saturated heterocycles. The Labute approximate surface area is 220 Å². The first-order valence-corrected chi connectivity index (χ1v) is 11.9. The average molecular weight is 587 g/mol. The van der Waals surface area contributed by atoms with Gasteiger partial charge in [0.2, 0.25) is 0 Å². The summed E-state index contributed by atoms with van der Waals surface area (Å²) < 4.78 is 0.663. The SMILES string of the molecule is C=Cc1cc(Cl)cc(Cl)c1CN.O=C1c2ccccc2C(=O)N1Cc1c(Cl)cc(Cl)cc1Br. The van der Waals surface area contributed by atoms with Crippen molar-refractivity contribution >= 4 is 80.2 Å². The van der Waals surface area contributed by atoms with Crippen molar-refractivity contribution in [1.82, 2.24) is 4.90 Å². The molecule has 0 bridgehead atoms. The van der Waals surface area contributed by atoms with E-state index in [4.69, 9.17) is 52.1 Å². The molecule has 3 aromatic carbocycles. The zero-order chi connectivity index (χ0) is 24.3. The first kappa shape index (κ1) is 25.8. The van der Waals surface area contributed by atoms with Crippen LogP contribution in [0, 0.1) is 0 Å². The Bertz CT molecular complexity index is 1210. The molecule has 4 nitrogen and oxygen atoms in total. The van der Waals surface area contributed by atoms with Crippen LogP contribution in [0.5, 0.6) is 0 Å². The number of imide groups is 1. The van der Waals surface area contributed by atoms with E-state index >= 15 is 0 Å². The maximum absolute atomic E-state index is 12.3. The van der Waals surface area contributed by atoms with E-state index in [0.717, 1.165) is 11.1 Å². The lowest BCUT2D eigenvalue weighted by atomic mass is 10.1. The fourth-order valence-corrected chi connectivity index (χ4v) is 5.26. The van der Waals surface area contributed by atoms with Gasteiger partial charge in [-0.2, -0.15) is 0 Å². The first-order chi connectivity index (χ1) is 15.7. The summed E-state index contributed by atoms with van der Waals surface area (Å²) in [4.78, 5) is 25.8. The molecule has 4 rings (SSSR count). The molecule has 0 spiro atoms. The van der Waals surface area contributed by atoms with Crippen LogP contribution in [0.2, 0.25) is 20.1 Å². The van der Waals surface area contributed by atoms with Crippen molar-refractivity contribution in [3.63, 3.8) is 0 Å². The molecule has 1 aliphatic rings. The number of amides is 2. The van der Waals surface area contributed by atoms with E-state index in [-0.39, 0.29) is 18.4 Å². The number of nitrogens with two attached hydrogens (primary N) is 1. The van der Waals surface area contributed by atoms with Gasteiger partial charge in [0, 0.05) is 36.7 Å². The second kappa shape index (κ2) is 11.0. The van der Waals surface area contributed by atoms with Crippen molar-refractivity contribution in [2.75, 3.05) is 0 Å². The van der Waals surface area contributed by atoms with Crippen molar-refractivity contribution in [3.8, 4) is 0 Å². The Morgan fingerprint density at radius 1 is 0.879 bits per heavy atom. The topological polar surface area (TPSA) is 63.4 Å². The highest BCUT2D eigenvalue weighted by Crippen LogP contribution is 2.33. The molecule has 9 heteroatoms. The van der Waals surface area contributed by atoms with Gasteiger partial charge in [0.1, 0.15) is 0 Å². The zero-order valence-electron chi connectivity index (χ0n) is 17.0. The second-order valence-electron chi connectivity index (χ2n) is 6.95. The zero-order valence-corrected chi connectivity index (χ0v) is 21.7. The maximum Gasteiger partial charge on any atom is 0.261 e. The highest BCUT2D eigenvalue weighted by atomic mass is 79.9. The van der Waals surface area contributed by atoms with Gasteiger partial charge < -0.3 is 5.73 Å². The minimum atomic E-state index is -0.312. The summed E-state index contributed by atoms with van der Waals surface area (Å²) >= 11 is 27.1. The van der Waals surface area contributed by atoms with Gasteiger partial charge in [-0.15, -0.1) is 0 Å². The first-order valence-electron chi connectivity index (χ1n) is 9.57. The predicted octanol–water partition coefficient (Wildman–Crippen LogP) is 7.65. The van der Waals surface area contributed by atoms with Gasteiger partial charge in [0.15, 0.2) is 0 Å². The van der Waals surface area contributed by atoms with E-state index in [1.165, 1.54) is 4.90 Å². The van der Waals surface area contributed by atoms with Gasteiger partial charge in [0.05, 0.1) is 17.7 Å². The molecule has 3 aromatic rings. The predicted molar refractivity (Wildman–Crippen MR) is 139 cm³/mol. The van der Waals surface area contributed by atoms with E-state index in [9.17, 15) is 9.59 Å². The molecule has 0 fully saturated rings. The number of halogens is 5. The number of fused-ring (bicyclic) bond motifs is 1. The average Bonchev–Trinajstić information content (AvgIpc) is 3.01. The summed E-state index contributed by atoms with van der Waals surface area (Å²) in [5.41, 5.74) is 8.77. The Balaban J connectivity index is 0.000000218. The van der Waals surface area contributed by atoms with E-state index in [1.807, 2.05) is 0 Å². The summed E-state index contributed by atoms with van der Waals surface area (Å²) in [5.74, 6) is -0.623. The monoisotopic (exact) mass is 584 g/mol. The quantitative estimate of drug-likeness (QED) is 0.319. The number of benzene rings is 3. The Kier molecular flexibility index (Phi) is 8.62. The van der Waals surface area contributed by atoms with Crippen LogP contribution < -0.4 is 5.73 Å². The van der Waals surface area contributed by atoms with Crippen LogP contribution in [0.15, 0.2) is 59.6 Å². The minimum Gasteiger partial charge on any atom is -0.326 e. The molecule has 1 aliphatic heterocycles. The van der Waals surface area contributed by atoms with Crippen LogP contribution in [0.1, 0.15) is 37.4 Å². The van der Waals surface area contributed by atoms with Gasteiger partial charge in [-0.3, -0.25) is 14.5 Å². The van der Waals surface area contributed by atoms with E-state index in [2.05, 4.69) is 22.5 Å². The molecule has 0 saturated carbocycles. The van der Waals surface area contributed by atoms with E-state index < -0.39 is 0 Å². The van der Waals surface area contributed by atoms with Crippen molar-refractivity contribution in [3.05, 3.63) is 107 Å². The summed E-state index contributed by atoms with van der Waals surface area (Å²) in [6.07, 6.45) is 1.69. The molecular weight excluding hydrogens is 570 g/mol. The summed E-state index contributed by atoms with van der Waals surface area (Å²) in [7, 11) is 0. The smallest absolute Gasteiger partial charge is 0.261 e. The second-order valence-corrected chi connectivity index (χ2v) is 9.50. The molecule has 0 radical (unpaired) electrons. The number of carbonyl (C=O) groups is 2. The largest absolute Gasteiger partial charge is 0.326 e. The lowest BCUT2D eigenvalue weighted by Gasteiger charge is -2.16. The maximum atomic E-state index is 12.3. The fraction of sp³-hybridized carbons (Fsp3) is 0.0833. The van der Waals surface area contributed by atoms with Crippen molar-refractivity contribution in [2.45, 2.75) is 13.1 Å². The van der Waals surface area contributed by atoms with Crippen molar-refractivity contribution in [2.24, 2.45) is 5.73 Å². The normalized spacial score (nSPS) is 12.4. The number of hydrogen-bond donors (Lipinski definition) is 1. The van der Waals surface area contributed by atoms with Crippen LogP contribution in [-0.2, 0) is 13.1 Å². The number of rotatable bonds is 4. The Morgan fingerprint density at radius 2 is 1.39 bits per heavy atom. The van der Waals surface area contributed by atoms with Gasteiger partial charge in [-0.1, -0.05) is 87.1 Å². The van der Waals surface area contributed by atoms with Crippen LogP contribution in [0.3, 0.4) is 0 Å². The fourth-order valence-electron chi connectivity index (χ4n) is 3.28. The lowest BCUT2D eigenvalue weighted by Crippen LogP contribution is -2.29. The molecule has 170 valence electrons. The molecule has 2 amide bonds. The minimum absolute atomic E-state index is 0.100. The summed E-state index contributed by atoms with van der Waals surface area (Å²) in [5, 5.41) is 2.09. The number of carbonyl (C=O) groups excluding carboxylic acids is 2. The van der Waals surface area contributed by atoms with Crippen molar-refractivity contribution in [1.29, 1.82) is 0 Å². The molecule has 0 atom stereocenters. The molecule has 33 heavy (non-hydrogen) atoms. The van der Waals surface area contributed by atoms with Gasteiger partial charge >= 0.3 is 0 Å². The third kappa shape index (κ3) is 5.62. The molecule has 2 N–H and O–H groups in total. The lowest BCUT2D eigenvalue weighted by molar-refractivity contribution is 0.0642. The molecule has 0 aromatic heterocycles. The van der Waals surface area contributed by atoms with Crippen LogP contribution in [0.4, 0.5) is 0 Å². The van der Waals surface area contributed by atoms with Gasteiger partial charge in [-0.05, 0) is 47.5 Å². The van der Waals surface area contributed by atoms with E-state index in [0.29, 0.717) is 47.8 Å². The summed E-state index contributed by atoms with van der Waals surface area (Å²) in [6, 6.07) is 13.5. The Hall–Kier alpha value is -1.86. The van der Waals surface area contributed by atoms with Crippen LogP contribution in [-0.4, -0.2) is 16.7 Å². The highest BCUT2D eigenvalue weighted by Gasteiger charge is 2.35. The van der Waals surface area contributed by atoms with Gasteiger partial charge in [-0.25, -0.2) is 0 Å². The van der Waals surface area contributed by atoms with Gasteiger partial charge in [0.25, 0.3) is 11.8 Å². The third-order valence-electron chi connectivity index (χ3n) is 4.92. The van der Waals surface area contributed by atoms with Crippen molar-refractivity contribution < 1.29 is 9.59 Å². The molecule has 0 unspecified atom stereocenters. The highest BCUT2D eigenvalue weighted by molar-refractivity contribution is 9.10. The van der Waals surface area contributed by atoms with E-state index in [1.54, 1.807) is 54.6 Å².